The van der Waals surface area contributed by atoms with E-state index in [9.17, 15) is 0 Å². The van der Waals surface area contributed by atoms with Gasteiger partial charge in [0.15, 0.2) is 0 Å². The summed E-state index contributed by atoms with van der Waals surface area (Å²) in [5, 5.41) is 3.94. The first-order valence-electron chi connectivity index (χ1n) is 4.22. The molecular weight excluding hydrogens is 150 g/mol. The summed E-state index contributed by atoms with van der Waals surface area (Å²) in [6.45, 7) is 12.5. The molecule has 0 aromatic rings. The van der Waals surface area contributed by atoms with Gasteiger partial charge in [0.25, 0.3) is 0 Å². The highest BCUT2D eigenvalue weighted by molar-refractivity contribution is 5.81. The Morgan fingerprint density at radius 2 is 2.08 bits per heavy atom. The average molecular weight is 169 g/mol. The Morgan fingerprint density at radius 3 is 2.50 bits per heavy atom. The van der Waals surface area contributed by atoms with Crippen molar-refractivity contribution in [1.82, 2.24) is 0 Å². The van der Waals surface area contributed by atoms with Crippen molar-refractivity contribution >= 4 is 5.71 Å². The van der Waals surface area contributed by atoms with Crippen molar-refractivity contribution in [3.8, 4) is 0 Å². The highest BCUT2D eigenvalue weighted by Gasteiger charge is 2.11. The molecule has 0 saturated heterocycles. The van der Waals surface area contributed by atoms with Gasteiger partial charge in [0, 0.05) is 0 Å². The fraction of sp³-hybridized carbons (Fsp3) is 0.700. The van der Waals surface area contributed by atoms with E-state index in [1.807, 2.05) is 6.92 Å². The molecule has 0 radical (unpaired) electrons. The Balaban J connectivity index is 3.77. The van der Waals surface area contributed by atoms with Gasteiger partial charge < -0.3 is 4.84 Å². The number of rotatable bonds is 4. The summed E-state index contributed by atoms with van der Waals surface area (Å²) in [6.07, 6.45) is 2.65. The fourth-order valence-electron chi connectivity index (χ4n) is 1.000. The van der Waals surface area contributed by atoms with Crippen LogP contribution in [0.25, 0.3) is 0 Å². The van der Waals surface area contributed by atoms with E-state index in [1.165, 1.54) is 0 Å². The van der Waals surface area contributed by atoms with E-state index in [4.69, 9.17) is 4.84 Å². The van der Waals surface area contributed by atoms with E-state index >= 15 is 0 Å². The van der Waals surface area contributed by atoms with Crippen molar-refractivity contribution in [2.75, 3.05) is 6.61 Å². The molecule has 0 aliphatic rings. The largest absolute Gasteiger partial charge is 0.392 e. The third kappa shape index (κ3) is 7.32. The highest BCUT2D eigenvalue weighted by Crippen LogP contribution is 2.18. The number of hydrogen-bond donors (Lipinski definition) is 0. The zero-order chi connectivity index (χ0) is 9.61. The summed E-state index contributed by atoms with van der Waals surface area (Å²) in [6, 6.07) is 0. The smallest absolute Gasteiger partial charge is 0.135 e. The Labute approximate surface area is 75.3 Å². The molecule has 70 valence electrons. The van der Waals surface area contributed by atoms with Crippen molar-refractivity contribution < 1.29 is 4.84 Å². The highest BCUT2D eigenvalue weighted by atomic mass is 16.6. The first-order valence-corrected chi connectivity index (χ1v) is 4.22. The minimum absolute atomic E-state index is 0.283. The molecule has 0 saturated carbocycles. The maximum Gasteiger partial charge on any atom is 0.135 e. The zero-order valence-corrected chi connectivity index (χ0v) is 8.55. The lowest BCUT2D eigenvalue weighted by molar-refractivity contribution is 0.172. The monoisotopic (exact) mass is 169 g/mol. The van der Waals surface area contributed by atoms with Crippen LogP contribution in [0.5, 0.6) is 0 Å². The molecule has 0 heterocycles. The van der Waals surface area contributed by atoms with Crippen molar-refractivity contribution in [3.05, 3.63) is 12.7 Å². The van der Waals surface area contributed by atoms with Crippen molar-refractivity contribution in [1.29, 1.82) is 0 Å². The molecule has 0 spiro atoms. The van der Waals surface area contributed by atoms with E-state index in [-0.39, 0.29) is 5.41 Å². The van der Waals surface area contributed by atoms with Crippen molar-refractivity contribution in [2.24, 2.45) is 10.6 Å². The predicted molar refractivity (Wildman–Crippen MR) is 53.3 cm³/mol. The van der Waals surface area contributed by atoms with Gasteiger partial charge in [0.2, 0.25) is 0 Å². The van der Waals surface area contributed by atoms with Crippen molar-refractivity contribution in [3.63, 3.8) is 0 Å². The van der Waals surface area contributed by atoms with E-state index in [1.54, 1.807) is 6.08 Å². The number of nitrogens with zero attached hydrogens (tertiary/aromatic N) is 1. The Morgan fingerprint density at radius 1 is 1.50 bits per heavy atom. The molecule has 0 unspecified atom stereocenters. The van der Waals surface area contributed by atoms with Gasteiger partial charge in [-0.2, -0.15) is 0 Å². The quantitative estimate of drug-likeness (QED) is 0.274. The van der Waals surface area contributed by atoms with Crippen LogP contribution in [-0.2, 0) is 4.84 Å². The van der Waals surface area contributed by atoms with Crippen LogP contribution in [0.15, 0.2) is 17.8 Å². The Bertz CT molecular complexity index is 165. The van der Waals surface area contributed by atoms with E-state index < -0.39 is 0 Å². The molecule has 0 bridgehead atoms. The molecule has 2 heteroatoms. The van der Waals surface area contributed by atoms with Gasteiger partial charge >= 0.3 is 0 Å². The van der Waals surface area contributed by atoms with Gasteiger partial charge in [-0.25, -0.2) is 0 Å². The third-order valence-electron chi connectivity index (χ3n) is 1.20. The fourth-order valence-corrected chi connectivity index (χ4v) is 1.000. The minimum atomic E-state index is 0.283. The minimum Gasteiger partial charge on any atom is -0.392 e. The normalized spacial score (nSPS) is 12.8. The number of hydrogen-bond acceptors (Lipinski definition) is 2. The SMILES string of the molecule is C=CCON=C(C)CC(C)(C)C. The van der Waals surface area contributed by atoms with Crippen LogP contribution in [-0.4, -0.2) is 12.3 Å². The lowest BCUT2D eigenvalue weighted by Crippen LogP contribution is -2.10. The summed E-state index contributed by atoms with van der Waals surface area (Å²) < 4.78 is 0. The van der Waals surface area contributed by atoms with E-state index in [2.05, 4.69) is 32.5 Å². The lowest BCUT2D eigenvalue weighted by atomic mass is 9.90. The van der Waals surface area contributed by atoms with Crippen LogP contribution in [0, 0.1) is 5.41 Å². The maximum absolute atomic E-state index is 4.96. The van der Waals surface area contributed by atoms with Gasteiger partial charge in [0.05, 0.1) is 5.71 Å². The van der Waals surface area contributed by atoms with Gasteiger partial charge in [-0.05, 0) is 18.8 Å². The Kier molecular flexibility index (Phi) is 4.64. The van der Waals surface area contributed by atoms with Crippen LogP contribution in [0.3, 0.4) is 0 Å². The summed E-state index contributed by atoms with van der Waals surface area (Å²) in [4.78, 5) is 4.96. The predicted octanol–water partition coefficient (Wildman–Crippen LogP) is 3.00. The van der Waals surface area contributed by atoms with Crippen LogP contribution in [0.4, 0.5) is 0 Å². The molecule has 0 fully saturated rings. The van der Waals surface area contributed by atoms with Crippen LogP contribution in [0.2, 0.25) is 0 Å². The summed E-state index contributed by atoms with van der Waals surface area (Å²) in [5.74, 6) is 0. The van der Waals surface area contributed by atoms with E-state index in [0.29, 0.717) is 6.61 Å². The molecule has 0 aromatic heterocycles. The van der Waals surface area contributed by atoms with Gasteiger partial charge in [-0.15, -0.1) is 0 Å². The van der Waals surface area contributed by atoms with Gasteiger partial charge in [-0.3, -0.25) is 0 Å². The van der Waals surface area contributed by atoms with Crippen LogP contribution >= 0.6 is 0 Å². The Hall–Kier alpha value is -0.790. The van der Waals surface area contributed by atoms with Gasteiger partial charge in [-0.1, -0.05) is 38.6 Å². The van der Waals surface area contributed by atoms with Gasteiger partial charge in [0.1, 0.15) is 6.61 Å². The molecule has 0 aliphatic carbocycles. The summed E-state index contributed by atoms with van der Waals surface area (Å²) >= 11 is 0. The molecule has 0 rings (SSSR count). The summed E-state index contributed by atoms with van der Waals surface area (Å²) in [5.41, 5.74) is 1.31. The topological polar surface area (TPSA) is 21.6 Å². The molecule has 0 N–H and O–H groups in total. The standard InChI is InChI=1S/C10H19NO/c1-6-7-12-11-9(2)8-10(3,4)5/h6H,1,7-8H2,2-5H3. The van der Waals surface area contributed by atoms with E-state index in [0.717, 1.165) is 12.1 Å². The molecule has 0 aromatic carbocycles. The lowest BCUT2D eigenvalue weighted by Gasteiger charge is -2.16. The first-order chi connectivity index (χ1) is 5.45. The third-order valence-corrected chi connectivity index (χ3v) is 1.20. The van der Waals surface area contributed by atoms with Crippen LogP contribution < -0.4 is 0 Å². The van der Waals surface area contributed by atoms with Crippen molar-refractivity contribution in [2.45, 2.75) is 34.1 Å². The second-order valence-corrected chi connectivity index (χ2v) is 4.15. The number of oxime groups is 1. The van der Waals surface area contributed by atoms with Crippen LogP contribution in [0.1, 0.15) is 34.1 Å². The molecule has 0 amide bonds. The first kappa shape index (κ1) is 11.2. The second-order valence-electron chi connectivity index (χ2n) is 4.15. The zero-order valence-electron chi connectivity index (χ0n) is 8.55. The summed E-state index contributed by atoms with van der Waals surface area (Å²) in [7, 11) is 0. The molecule has 2 nitrogen and oxygen atoms in total. The molecule has 0 atom stereocenters. The maximum atomic E-state index is 4.96. The molecular formula is C10H19NO. The molecule has 12 heavy (non-hydrogen) atoms. The second kappa shape index (κ2) is 4.96. The average Bonchev–Trinajstić information content (AvgIpc) is 1.84. The molecule has 0 aliphatic heterocycles.